The van der Waals surface area contributed by atoms with Crippen LogP contribution in [0.2, 0.25) is 0 Å². The van der Waals surface area contributed by atoms with Gasteiger partial charge in [0.1, 0.15) is 30.2 Å². The Hall–Kier alpha value is -2.18. The topological polar surface area (TPSA) is 212 Å². The molecule has 0 spiro atoms. The predicted molar refractivity (Wildman–Crippen MR) is 110 cm³/mol. The van der Waals surface area contributed by atoms with Gasteiger partial charge in [-0.1, -0.05) is 0 Å². The van der Waals surface area contributed by atoms with Crippen LogP contribution < -0.4 is 4.90 Å². The summed E-state index contributed by atoms with van der Waals surface area (Å²) in [7, 11) is -9.17. The molecule has 0 amide bonds. The third-order valence-electron chi connectivity index (χ3n) is 6.17. The maximum atomic E-state index is 12.1. The second-order valence-electron chi connectivity index (χ2n) is 8.72. The van der Waals surface area contributed by atoms with Crippen molar-refractivity contribution in [3.63, 3.8) is 0 Å². The van der Waals surface area contributed by atoms with Crippen LogP contribution in [0, 0.1) is 23.2 Å². The fourth-order valence-electron chi connectivity index (χ4n) is 4.59. The molecule has 16 heteroatoms. The van der Waals surface area contributed by atoms with Crippen molar-refractivity contribution in [1.82, 2.24) is 19.7 Å². The third kappa shape index (κ3) is 4.24. The van der Waals surface area contributed by atoms with Gasteiger partial charge in [0.15, 0.2) is 27.2 Å². The first-order chi connectivity index (χ1) is 15.5. The Balaban J connectivity index is 1.45. The van der Waals surface area contributed by atoms with Crippen LogP contribution in [-0.2, 0) is 19.1 Å². The van der Waals surface area contributed by atoms with E-state index in [0.29, 0.717) is 23.0 Å². The highest BCUT2D eigenvalue weighted by atomic mass is 32.2. The quantitative estimate of drug-likeness (QED) is 0.327. The highest BCUT2D eigenvalue weighted by Gasteiger charge is 2.48. The van der Waals surface area contributed by atoms with Crippen molar-refractivity contribution in [2.24, 2.45) is 11.8 Å². The number of hydrogen-bond donors (Lipinski definition) is 4. The molecule has 2 unspecified atom stereocenters. The van der Waals surface area contributed by atoms with Crippen molar-refractivity contribution in [3.8, 4) is 6.07 Å². The molecule has 2 aromatic heterocycles. The van der Waals surface area contributed by atoms with E-state index in [-0.39, 0.29) is 11.5 Å². The van der Waals surface area contributed by atoms with Gasteiger partial charge in [-0.05, 0) is 18.3 Å². The maximum absolute atomic E-state index is 12.1. The normalized spacial score (nSPS) is 31.7. The Labute approximate surface area is 187 Å². The summed E-state index contributed by atoms with van der Waals surface area (Å²) in [6, 6.07) is 1.90. The number of sulfone groups is 1. The fraction of sp³-hybridized carbons (Fsp3) is 0.647. The molecule has 0 radical (unpaired) electrons. The molecule has 1 aliphatic carbocycles. The molecule has 4 heterocycles. The molecule has 2 saturated heterocycles. The molecule has 5 rings (SSSR count). The lowest BCUT2D eigenvalue weighted by atomic mass is 10.1. The van der Waals surface area contributed by atoms with Gasteiger partial charge in [-0.2, -0.15) is 15.3 Å². The minimum Gasteiger partial charge on any atom is -0.387 e. The molecule has 178 valence electrons. The standard InChI is InChI=1S/C17H21N6O8PS/c18-2-12-20-15(22-4-8-1-9(8)5-22)10-3-19-23(16(10)21-12)17-14(25)13(24)11(31-17)6-33(29,30)7-32(26,27)28/h3,8-9,11,13-14,17,24-25H,1,4-7H2,(H2,26,27,28)/t8?,9?,11-,13-,14-,17-/m1/s1. The first-order valence-corrected chi connectivity index (χ1v) is 13.7. The molecular weight excluding hydrogens is 479 g/mol. The summed E-state index contributed by atoms with van der Waals surface area (Å²) in [5.41, 5.74) is -1.23. The molecule has 1 saturated carbocycles. The molecule has 6 atom stereocenters. The van der Waals surface area contributed by atoms with Gasteiger partial charge in [0, 0.05) is 13.1 Å². The Morgan fingerprint density at radius 3 is 2.55 bits per heavy atom. The van der Waals surface area contributed by atoms with Crippen LogP contribution in [0.3, 0.4) is 0 Å². The second kappa shape index (κ2) is 7.67. The SMILES string of the molecule is N#Cc1nc(N2CC3CC3C2)c2cnn([C@@H]3O[C@H](CS(=O)(=O)CP(=O)(O)O)[C@@H](O)[C@H]3O)c2n1. The van der Waals surface area contributed by atoms with Gasteiger partial charge < -0.3 is 29.6 Å². The van der Waals surface area contributed by atoms with E-state index in [1.807, 2.05) is 11.0 Å². The van der Waals surface area contributed by atoms with Crippen LogP contribution in [0.25, 0.3) is 11.0 Å². The van der Waals surface area contributed by atoms with Crippen molar-refractivity contribution < 1.29 is 37.7 Å². The summed E-state index contributed by atoms with van der Waals surface area (Å²) in [6.45, 7) is 1.60. The molecule has 33 heavy (non-hydrogen) atoms. The molecular formula is C17H21N6O8PS. The number of aromatic nitrogens is 4. The zero-order chi connectivity index (χ0) is 23.7. The second-order valence-corrected chi connectivity index (χ2v) is 12.9. The summed E-state index contributed by atoms with van der Waals surface area (Å²) in [5, 5.41) is 35.0. The Bertz CT molecular complexity index is 1290. The van der Waals surface area contributed by atoms with E-state index < -0.39 is 53.2 Å². The number of rotatable bonds is 6. The Morgan fingerprint density at radius 2 is 1.91 bits per heavy atom. The summed E-state index contributed by atoms with van der Waals surface area (Å²) in [6.07, 6.45) is -3.44. The Kier molecular flexibility index (Phi) is 5.25. The summed E-state index contributed by atoms with van der Waals surface area (Å²) in [4.78, 5) is 28.5. The average molecular weight is 500 g/mol. The van der Waals surface area contributed by atoms with Gasteiger partial charge in [0.05, 0.1) is 17.3 Å². The maximum Gasteiger partial charge on any atom is 0.340 e. The van der Waals surface area contributed by atoms with E-state index in [9.17, 15) is 28.5 Å². The van der Waals surface area contributed by atoms with E-state index in [1.165, 1.54) is 12.6 Å². The van der Waals surface area contributed by atoms with Crippen LogP contribution in [0.4, 0.5) is 5.82 Å². The van der Waals surface area contributed by atoms with Crippen LogP contribution in [0.5, 0.6) is 0 Å². The van der Waals surface area contributed by atoms with Gasteiger partial charge in [-0.25, -0.2) is 18.1 Å². The van der Waals surface area contributed by atoms with Gasteiger partial charge >= 0.3 is 7.60 Å². The third-order valence-corrected chi connectivity index (χ3v) is 9.93. The monoisotopic (exact) mass is 500 g/mol. The van der Waals surface area contributed by atoms with Gasteiger partial charge in [-0.15, -0.1) is 0 Å². The zero-order valence-electron chi connectivity index (χ0n) is 17.0. The molecule has 14 nitrogen and oxygen atoms in total. The lowest BCUT2D eigenvalue weighted by Crippen LogP contribution is -2.36. The lowest BCUT2D eigenvalue weighted by Gasteiger charge is -2.20. The van der Waals surface area contributed by atoms with E-state index in [2.05, 4.69) is 15.1 Å². The van der Waals surface area contributed by atoms with Gasteiger partial charge in [-0.3, -0.25) is 4.57 Å². The number of hydrogen-bond acceptors (Lipinski definition) is 11. The molecule has 3 aliphatic rings. The number of aliphatic hydroxyl groups excluding tert-OH is 2. The fourth-order valence-corrected chi connectivity index (χ4v) is 7.84. The van der Waals surface area contributed by atoms with Crippen LogP contribution in [0.15, 0.2) is 6.20 Å². The number of aliphatic hydroxyl groups is 2. The van der Waals surface area contributed by atoms with Crippen LogP contribution >= 0.6 is 7.60 Å². The molecule has 4 N–H and O–H groups in total. The van der Waals surface area contributed by atoms with Crippen molar-refractivity contribution in [1.29, 1.82) is 5.26 Å². The first kappa shape index (κ1) is 22.6. The number of nitriles is 1. The molecule has 2 aliphatic heterocycles. The molecule has 0 aromatic carbocycles. The highest BCUT2D eigenvalue weighted by molar-refractivity contribution is 7.97. The zero-order valence-corrected chi connectivity index (χ0v) is 18.7. The molecule has 3 fully saturated rings. The lowest BCUT2D eigenvalue weighted by molar-refractivity contribution is -0.0364. The summed E-state index contributed by atoms with van der Waals surface area (Å²) >= 11 is 0. The van der Waals surface area contributed by atoms with Crippen LogP contribution in [0.1, 0.15) is 18.5 Å². The molecule has 0 bridgehead atoms. The molecule has 2 aromatic rings. The van der Waals surface area contributed by atoms with E-state index in [1.54, 1.807) is 0 Å². The average Bonchev–Trinajstić information content (AvgIpc) is 3.03. The first-order valence-electron chi connectivity index (χ1n) is 10.1. The van der Waals surface area contributed by atoms with E-state index >= 15 is 0 Å². The van der Waals surface area contributed by atoms with Crippen molar-refractivity contribution >= 4 is 34.3 Å². The number of piperidine rings is 1. The smallest absolute Gasteiger partial charge is 0.340 e. The number of nitrogens with zero attached hydrogens (tertiary/aromatic N) is 6. The number of fused-ring (bicyclic) bond motifs is 2. The van der Waals surface area contributed by atoms with Crippen molar-refractivity contribution in [3.05, 3.63) is 12.0 Å². The van der Waals surface area contributed by atoms with Crippen molar-refractivity contribution in [2.45, 2.75) is 31.0 Å². The predicted octanol–water partition coefficient (Wildman–Crippen LogP) is -1.68. The highest BCUT2D eigenvalue weighted by Crippen LogP contribution is 2.47. The van der Waals surface area contributed by atoms with Gasteiger partial charge in [0.2, 0.25) is 5.82 Å². The minimum atomic E-state index is -4.86. The largest absolute Gasteiger partial charge is 0.387 e. The van der Waals surface area contributed by atoms with Crippen LogP contribution in [-0.4, -0.2) is 90.8 Å². The van der Waals surface area contributed by atoms with Crippen molar-refractivity contribution in [2.75, 3.05) is 29.2 Å². The minimum absolute atomic E-state index is 0.117. The van der Waals surface area contributed by atoms with E-state index in [4.69, 9.17) is 14.5 Å². The number of anilines is 1. The summed E-state index contributed by atoms with van der Waals surface area (Å²) in [5.74, 6) is 0.701. The summed E-state index contributed by atoms with van der Waals surface area (Å²) < 4.78 is 42.0. The Morgan fingerprint density at radius 1 is 1.21 bits per heavy atom. The van der Waals surface area contributed by atoms with Gasteiger partial charge in [0.25, 0.3) is 0 Å². The number of ether oxygens (including phenoxy) is 1. The van der Waals surface area contributed by atoms with E-state index in [0.717, 1.165) is 17.8 Å².